The third-order valence-corrected chi connectivity index (χ3v) is 19.8. The number of aromatic nitrogens is 3. The van der Waals surface area contributed by atoms with Gasteiger partial charge in [0.05, 0.1) is 52.1 Å². The summed E-state index contributed by atoms with van der Waals surface area (Å²) in [6.45, 7) is 31.1. The molecule has 0 N–H and O–H groups in total. The number of hydrogen-bond acceptors (Lipinski definition) is 10. The lowest BCUT2D eigenvalue weighted by molar-refractivity contribution is 0.00691. The van der Waals surface area contributed by atoms with Crippen molar-refractivity contribution >= 4 is 52.1 Å². The summed E-state index contributed by atoms with van der Waals surface area (Å²) in [6.07, 6.45) is -1.03. The second-order valence-corrected chi connectivity index (χ2v) is 33.2. The maximum atomic E-state index is 14.1. The van der Waals surface area contributed by atoms with Crippen molar-refractivity contribution in [1.82, 2.24) is 14.5 Å². The van der Waals surface area contributed by atoms with Gasteiger partial charge < -0.3 is 23.4 Å². The Hall–Kier alpha value is -2.43. The van der Waals surface area contributed by atoms with E-state index in [1.165, 1.54) is 0 Å². The predicted molar refractivity (Wildman–Crippen MR) is 242 cm³/mol. The number of ether oxygens (including phenoxy) is 4. The van der Waals surface area contributed by atoms with Gasteiger partial charge in [0, 0.05) is 20.2 Å². The molecular formula is C44H65ClN3O8PSi2. The Labute approximate surface area is 358 Å². The van der Waals surface area contributed by atoms with Gasteiger partial charge in [0.25, 0.3) is 0 Å². The molecule has 4 atom stereocenters. The van der Waals surface area contributed by atoms with Crippen LogP contribution in [0.5, 0.6) is 6.01 Å². The standard InChI is InChI=1S/C44H65ClN3O8PSi2/c1-42(2,3)55-57(49,56-43(4,5)6)32-21-19-30(20-22-32)29-15-17-31(18-16-29)37-33(45)25-34-40(46-37)47-41(48(34)28-50-23-24-58(10,11)12)53-35-26-51-39-36(27-52-38(35)39)54-59(13,14)44(7,8)9/h15-22,25,35-36,38-39H,23-24,26-28H2,1-14H3/t35-,36?,38-,39-/m1/s1. The third kappa shape index (κ3) is 11.2. The van der Waals surface area contributed by atoms with Crippen LogP contribution in [0, 0.1) is 0 Å². The summed E-state index contributed by atoms with van der Waals surface area (Å²) in [5.41, 5.74) is 3.24. The van der Waals surface area contributed by atoms with Crippen LogP contribution in [-0.2, 0) is 39.0 Å². The van der Waals surface area contributed by atoms with Gasteiger partial charge in [-0.1, -0.05) is 88.4 Å². The molecule has 0 saturated carbocycles. The third-order valence-electron chi connectivity index (χ3n) is 10.8. The molecule has 0 amide bonds. The molecule has 0 bridgehead atoms. The Morgan fingerprint density at radius 3 is 1.85 bits per heavy atom. The molecule has 59 heavy (non-hydrogen) atoms. The first-order valence-corrected chi connectivity index (χ1v) is 29.2. The van der Waals surface area contributed by atoms with Crippen molar-refractivity contribution in [2.45, 2.75) is 148 Å². The van der Waals surface area contributed by atoms with Gasteiger partial charge in [0.2, 0.25) is 0 Å². The molecule has 0 aliphatic carbocycles. The van der Waals surface area contributed by atoms with Crippen molar-refractivity contribution in [3.8, 4) is 28.4 Å². The second-order valence-electron chi connectivity index (χ2n) is 20.5. The Morgan fingerprint density at radius 1 is 0.780 bits per heavy atom. The highest BCUT2D eigenvalue weighted by molar-refractivity contribution is 7.62. The Bertz CT molecular complexity index is 2120. The van der Waals surface area contributed by atoms with Crippen LogP contribution >= 0.6 is 19.2 Å². The minimum atomic E-state index is -3.61. The van der Waals surface area contributed by atoms with E-state index in [0.717, 1.165) is 22.7 Å². The van der Waals surface area contributed by atoms with E-state index in [0.29, 0.717) is 53.0 Å². The number of hydrogen-bond donors (Lipinski definition) is 0. The molecule has 2 aliphatic rings. The van der Waals surface area contributed by atoms with Gasteiger partial charge in [-0.15, -0.1) is 0 Å². The fraction of sp³-hybridized carbons (Fsp3) is 0.591. The number of halogens is 1. The SMILES string of the molecule is CC(C)(C)OP(=O)(OC(C)(C)C)c1ccc(-c2ccc(-c3nc4nc(O[C@@H]5CO[C@@H]6C(O[Si](C)(C)C(C)(C)C)CO[C@@H]65)n(COCC[Si](C)(C)C)c4cc3Cl)cc2)cc1. The Morgan fingerprint density at radius 2 is 1.31 bits per heavy atom. The summed E-state index contributed by atoms with van der Waals surface area (Å²) in [5, 5.41) is 1.05. The zero-order chi connectivity index (χ0) is 43.3. The maximum absolute atomic E-state index is 14.1. The van der Waals surface area contributed by atoms with E-state index in [2.05, 4.69) is 53.5 Å². The average molecular weight is 887 g/mol. The van der Waals surface area contributed by atoms with Crippen LogP contribution in [0.15, 0.2) is 54.6 Å². The first-order valence-electron chi connectivity index (χ1n) is 20.7. The van der Waals surface area contributed by atoms with Gasteiger partial charge in [-0.2, -0.15) is 4.98 Å². The molecule has 2 aromatic heterocycles. The predicted octanol–water partition coefficient (Wildman–Crippen LogP) is 11.1. The molecule has 6 rings (SSSR count). The van der Waals surface area contributed by atoms with Crippen molar-refractivity contribution in [2.24, 2.45) is 0 Å². The summed E-state index contributed by atoms with van der Waals surface area (Å²) in [6, 6.07) is 18.8. The maximum Gasteiger partial charge on any atom is 0.362 e. The molecule has 324 valence electrons. The second kappa shape index (κ2) is 17.0. The van der Waals surface area contributed by atoms with Crippen molar-refractivity contribution < 1.29 is 37.0 Å². The van der Waals surface area contributed by atoms with Crippen LogP contribution in [0.3, 0.4) is 0 Å². The summed E-state index contributed by atoms with van der Waals surface area (Å²) >= 11 is 7.01. The lowest BCUT2D eigenvalue weighted by atomic mass is 10.0. The molecule has 4 aromatic rings. The van der Waals surface area contributed by atoms with Crippen LogP contribution in [-0.4, -0.2) is 86.4 Å². The smallest absolute Gasteiger partial charge is 0.362 e. The van der Waals surface area contributed by atoms with Gasteiger partial charge in [-0.05, 0) is 95.0 Å². The summed E-state index contributed by atoms with van der Waals surface area (Å²) in [4.78, 5) is 9.89. The van der Waals surface area contributed by atoms with Crippen LogP contribution in [0.1, 0.15) is 62.3 Å². The van der Waals surface area contributed by atoms with Gasteiger partial charge in [-0.25, -0.2) is 4.98 Å². The van der Waals surface area contributed by atoms with Crippen LogP contribution in [0.4, 0.5) is 0 Å². The van der Waals surface area contributed by atoms with Gasteiger partial charge in [-0.3, -0.25) is 18.2 Å². The van der Waals surface area contributed by atoms with E-state index in [4.69, 9.17) is 54.0 Å². The van der Waals surface area contributed by atoms with Crippen molar-refractivity contribution in [2.75, 3.05) is 19.8 Å². The molecule has 0 radical (unpaired) electrons. The van der Waals surface area contributed by atoms with Crippen molar-refractivity contribution in [3.63, 3.8) is 0 Å². The number of nitrogens with zero attached hydrogens (tertiary/aromatic N) is 3. The van der Waals surface area contributed by atoms with E-state index in [1.807, 2.05) is 101 Å². The summed E-state index contributed by atoms with van der Waals surface area (Å²) in [7, 11) is -6.96. The highest BCUT2D eigenvalue weighted by Gasteiger charge is 2.52. The number of rotatable bonds is 14. The van der Waals surface area contributed by atoms with Crippen LogP contribution < -0.4 is 10.0 Å². The minimum Gasteiger partial charge on any atom is -0.456 e. The zero-order valence-electron chi connectivity index (χ0n) is 37.5. The lowest BCUT2D eigenvalue weighted by Gasteiger charge is -2.39. The number of benzene rings is 2. The summed E-state index contributed by atoms with van der Waals surface area (Å²) < 4.78 is 60.3. The zero-order valence-corrected chi connectivity index (χ0v) is 41.1. The van der Waals surface area contributed by atoms with Crippen LogP contribution in [0.25, 0.3) is 33.5 Å². The van der Waals surface area contributed by atoms with Gasteiger partial charge >= 0.3 is 13.6 Å². The fourth-order valence-electron chi connectivity index (χ4n) is 6.78. The molecule has 2 fully saturated rings. The molecule has 4 heterocycles. The van der Waals surface area contributed by atoms with Crippen LogP contribution in [0.2, 0.25) is 48.8 Å². The van der Waals surface area contributed by atoms with Crippen molar-refractivity contribution in [3.05, 3.63) is 59.6 Å². The normalized spacial score (nSPS) is 20.7. The van der Waals surface area contributed by atoms with E-state index >= 15 is 0 Å². The topological polar surface area (TPSA) is 112 Å². The number of imidazole rings is 1. The highest BCUT2D eigenvalue weighted by Crippen LogP contribution is 2.53. The number of fused-ring (bicyclic) bond motifs is 2. The van der Waals surface area contributed by atoms with E-state index in [1.54, 1.807) is 0 Å². The molecule has 2 saturated heterocycles. The number of pyridine rings is 1. The lowest BCUT2D eigenvalue weighted by Crippen LogP contribution is -2.47. The minimum absolute atomic E-state index is 0.0693. The molecule has 2 aliphatic heterocycles. The monoisotopic (exact) mass is 885 g/mol. The van der Waals surface area contributed by atoms with Crippen molar-refractivity contribution in [1.29, 1.82) is 0 Å². The molecule has 2 aromatic carbocycles. The first-order chi connectivity index (χ1) is 27.2. The molecule has 15 heteroatoms. The molecule has 1 unspecified atom stereocenters. The Kier molecular flexibility index (Phi) is 13.3. The quantitative estimate of drug-likeness (QED) is 0.0689. The Balaban J connectivity index is 1.24. The van der Waals surface area contributed by atoms with Gasteiger partial charge in [0.15, 0.2) is 20.1 Å². The van der Waals surface area contributed by atoms with Gasteiger partial charge in [0.1, 0.15) is 18.9 Å². The van der Waals surface area contributed by atoms with E-state index in [9.17, 15) is 4.57 Å². The average Bonchev–Trinajstić information content (AvgIpc) is 3.78. The molecular weight excluding hydrogens is 821 g/mol. The largest absolute Gasteiger partial charge is 0.456 e. The fourth-order valence-corrected chi connectivity index (χ4v) is 11.3. The first kappa shape index (κ1) is 46.1. The summed E-state index contributed by atoms with van der Waals surface area (Å²) in [5.74, 6) is 0. The molecule has 11 nitrogen and oxygen atoms in total. The van der Waals surface area contributed by atoms with E-state index < -0.39 is 35.2 Å². The van der Waals surface area contributed by atoms with E-state index in [-0.39, 0.29) is 36.2 Å². The molecule has 0 spiro atoms. The highest BCUT2D eigenvalue weighted by atomic mass is 35.5.